The lowest BCUT2D eigenvalue weighted by Crippen LogP contribution is -1.95. The van der Waals surface area contributed by atoms with E-state index < -0.39 is 5.97 Å². The maximum Gasteiger partial charge on any atom is 0.303 e. The average molecular weight is 218 g/mol. The second-order valence-electron chi connectivity index (χ2n) is 4.17. The van der Waals surface area contributed by atoms with E-state index in [0.717, 1.165) is 5.57 Å². The van der Waals surface area contributed by atoms with Gasteiger partial charge in [0.15, 0.2) is 0 Å². The molecule has 2 heteroatoms. The van der Waals surface area contributed by atoms with Crippen molar-refractivity contribution in [2.24, 2.45) is 0 Å². The third kappa shape index (κ3) is 3.54. The Bertz CT molecular complexity index is 399. The van der Waals surface area contributed by atoms with Crippen LogP contribution in [0.2, 0.25) is 0 Å². The molecule has 0 radical (unpaired) electrons. The lowest BCUT2D eigenvalue weighted by molar-refractivity contribution is -0.136. The Balaban J connectivity index is 2.82. The first kappa shape index (κ1) is 12.5. The Morgan fingerprint density at radius 2 is 1.69 bits per heavy atom. The Labute approximate surface area is 96.6 Å². The minimum absolute atomic E-state index is 0.203. The highest BCUT2D eigenvalue weighted by atomic mass is 16.4. The quantitative estimate of drug-likeness (QED) is 0.837. The van der Waals surface area contributed by atoms with Crippen LogP contribution < -0.4 is 0 Å². The normalized spacial score (nSPS) is 12.2. The first-order valence-electron chi connectivity index (χ1n) is 5.46. The molecule has 0 aliphatic carbocycles. The van der Waals surface area contributed by atoms with Crippen LogP contribution in [0, 0.1) is 6.92 Å². The van der Waals surface area contributed by atoms with Crippen molar-refractivity contribution in [2.75, 3.05) is 0 Å². The molecule has 0 atom stereocenters. The van der Waals surface area contributed by atoms with Gasteiger partial charge in [0.05, 0.1) is 0 Å². The molecule has 16 heavy (non-hydrogen) atoms. The number of hydrogen-bond donors (Lipinski definition) is 1. The number of aliphatic carboxylic acids is 1. The largest absolute Gasteiger partial charge is 0.481 e. The Morgan fingerprint density at radius 3 is 2.19 bits per heavy atom. The van der Waals surface area contributed by atoms with Crippen LogP contribution in [0.5, 0.6) is 0 Å². The first-order valence-corrected chi connectivity index (χ1v) is 5.46. The molecule has 0 bridgehead atoms. The molecule has 0 aromatic heterocycles. The number of carboxylic acids is 1. The van der Waals surface area contributed by atoms with E-state index in [-0.39, 0.29) is 6.42 Å². The summed E-state index contributed by atoms with van der Waals surface area (Å²) in [6, 6.07) is 8.30. The van der Waals surface area contributed by atoms with Crippen LogP contribution in [-0.2, 0) is 4.79 Å². The average Bonchev–Trinajstić information content (AvgIpc) is 2.26. The molecule has 0 heterocycles. The summed E-state index contributed by atoms with van der Waals surface area (Å²) in [6.45, 7) is 6.10. The van der Waals surface area contributed by atoms with Gasteiger partial charge in [-0.15, -0.1) is 0 Å². The predicted octanol–water partition coefficient (Wildman–Crippen LogP) is 3.65. The summed E-state index contributed by atoms with van der Waals surface area (Å²) in [6.07, 6.45) is 0.823. The van der Waals surface area contributed by atoms with Crippen molar-refractivity contribution >= 4 is 11.5 Å². The molecule has 1 N–H and O–H groups in total. The third-order valence-corrected chi connectivity index (χ3v) is 2.84. The van der Waals surface area contributed by atoms with E-state index in [1.807, 2.05) is 13.8 Å². The van der Waals surface area contributed by atoms with Gasteiger partial charge in [-0.05, 0) is 38.3 Å². The van der Waals surface area contributed by atoms with Crippen molar-refractivity contribution in [2.45, 2.75) is 33.6 Å². The standard InChI is InChI=1S/C14H18O2/c1-10-4-7-13(8-5-10)12(3)11(2)6-9-14(15)16/h4-5,7-8H,6,9H2,1-3H3,(H,15,16)/b12-11+. The van der Waals surface area contributed by atoms with Gasteiger partial charge in [-0.25, -0.2) is 0 Å². The zero-order valence-electron chi connectivity index (χ0n) is 10.1. The number of aryl methyl sites for hydroxylation is 1. The van der Waals surface area contributed by atoms with E-state index in [1.165, 1.54) is 16.7 Å². The van der Waals surface area contributed by atoms with Crippen LogP contribution in [0.1, 0.15) is 37.8 Å². The highest BCUT2D eigenvalue weighted by Gasteiger charge is 2.03. The van der Waals surface area contributed by atoms with Gasteiger partial charge in [0.1, 0.15) is 0 Å². The number of rotatable bonds is 4. The lowest BCUT2D eigenvalue weighted by Gasteiger charge is -2.07. The van der Waals surface area contributed by atoms with E-state index in [2.05, 4.69) is 31.2 Å². The molecule has 0 fully saturated rings. The zero-order chi connectivity index (χ0) is 12.1. The molecule has 0 saturated carbocycles. The summed E-state index contributed by atoms with van der Waals surface area (Å²) in [5, 5.41) is 8.63. The van der Waals surface area contributed by atoms with E-state index in [9.17, 15) is 4.79 Å². The van der Waals surface area contributed by atoms with Gasteiger partial charge in [0.2, 0.25) is 0 Å². The molecule has 0 saturated heterocycles. The maximum atomic E-state index is 10.5. The molecule has 86 valence electrons. The molecule has 1 aromatic rings. The second kappa shape index (κ2) is 5.50. The van der Waals surface area contributed by atoms with E-state index in [0.29, 0.717) is 6.42 Å². The van der Waals surface area contributed by atoms with Crippen LogP contribution in [0.4, 0.5) is 0 Å². The Kier molecular flexibility index (Phi) is 4.29. The number of carboxylic acid groups (broad SMARTS) is 1. The van der Waals surface area contributed by atoms with Crippen LogP contribution in [0.25, 0.3) is 5.57 Å². The number of allylic oxidation sites excluding steroid dienone is 2. The molecule has 0 spiro atoms. The fraction of sp³-hybridized carbons (Fsp3) is 0.357. The molecule has 0 aliphatic heterocycles. The van der Waals surface area contributed by atoms with E-state index >= 15 is 0 Å². The third-order valence-electron chi connectivity index (χ3n) is 2.84. The van der Waals surface area contributed by atoms with Crippen molar-refractivity contribution in [3.63, 3.8) is 0 Å². The summed E-state index contributed by atoms with van der Waals surface area (Å²) < 4.78 is 0. The molecule has 2 nitrogen and oxygen atoms in total. The summed E-state index contributed by atoms with van der Waals surface area (Å²) in [4.78, 5) is 10.5. The van der Waals surface area contributed by atoms with E-state index in [4.69, 9.17) is 5.11 Å². The maximum absolute atomic E-state index is 10.5. The van der Waals surface area contributed by atoms with Crippen LogP contribution >= 0.6 is 0 Å². The van der Waals surface area contributed by atoms with Crippen LogP contribution in [0.15, 0.2) is 29.8 Å². The highest BCUT2D eigenvalue weighted by molar-refractivity contribution is 5.70. The monoisotopic (exact) mass is 218 g/mol. The molecular formula is C14H18O2. The van der Waals surface area contributed by atoms with Gasteiger partial charge in [-0.2, -0.15) is 0 Å². The van der Waals surface area contributed by atoms with Crippen molar-refractivity contribution in [3.8, 4) is 0 Å². The summed E-state index contributed by atoms with van der Waals surface area (Å²) in [7, 11) is 0. The molecule has 0 aliphatic rings. The SMILES string of the molecule is C/C(CCC(=O)O)=C(/C)c1ccc(C)cc1. The fourth-order valence-electron chi connectivity index (χ4n) is 1.53. The van der Waals surface area contributed by atoms with Crippen molar-refractivity contribution in [1.82, 2.24) is 0 Å². The number of benzene rings is 1. The second-order valence-corrected chi connectivity index (χ2v) is 4.17. The van der Waals surface area contributed by atoms with Gasteiger partial charge in [0, 0.05) is 6.42 Å². The summed E-state index contributed by atoms with van der Waals surface area (Å²) in [5.41, 5.74) is 4.74. The topological polar surface area (TPSA) is 37.3 Å². The van der Waals surface area contributed by atoms with Crippen molar-refractivity contribution in [1.29, 1.82) is 0 Å². The summed E-state index contributed by atoms with van der Waals surface area (Å²) >= 11 is 0. The van der Waals surface area contributed by atoms with Gasteiger partial charge in [0.25, 0.3) is 0 Å². The highest BCUT2D eigenvalue weighted by Crippen LogP contribution is 2.21. The zero-order valence-corrected chi connectivity index (χ0v) is 10.1. The molecular weight excluding hydrogens is 200 g/mol. The van der Waals surface area contributed by atoms with Crippen LogP contribution in [0.3, 0.4) is 0 Å². The molecule has 0 unspecified atom stereocenters. The summed E-state index contributed by atoms with van der Waals surface area (Å²) in [5.74, 6) is -0.740. The first-order chi connectivity index (χ1) is 7.50. The van der Waals surface area contributed by atoms with Crippen LogP contribution in [-0.4, -0.2) is 11.1 Å². The Hall–Kier alpha value is -1.57. The molecule has 0 amide bonds. The van der Waals surface area contributed by atoms with Gasteiger partial charge in [-0.3, -0.25) is 4.79 Å². The fourth-order valence-corrected chi connectivity index (χ4v) is 1.53. The number of hydrogen-bond acceptors (Lipinski definition) is 1. The van der Waals surface area contributed by atoms with Crippen molar-refractivity contribution < 1.29 is 9.90 Å². The van der Waals surface area contributed by atoms with Gasteiger partial charge in [-0.1, -0.05) is 35.4 Å². The number of carbonyl (C=O) groups is 1. The minimum atomic E-state index is -0.740. The smallest absolute Gasteiger partial charge is 0.303 e. The minimum Gasteiger partial charge on any atom is -0.481 e. The predicted molar refractivity (Wildman–Crippen MR) is 66.3 cm³/mol. The van der Waals surface area contributed by atoms with Gasteiger partial charge >= 0.3 is 5.97 Å². The molecule has 1 aromatic carbocycles. The van der Waals surface area contributed by atoms with Gasteiger partial charge < -0.3 is 5.11 Å². The lowest BCUT2D eigenvalue weighted by atomic mass is 9.98. The van der Waals surface area contributed by atoms with E-state index in [1.54, 1.807) is 0 Å². The van der Waals surface area contributed by atoms with Crippen molar-refractivity contribution in [3.05, 3.63) is 41.0 Å². The molecule has 1 rings (SSSR count). The Morgan fingerprint density at radius 1 is 1.12 bits per heavy atom.